The maximum atomic E-state index is 5.30. The van der Waals surface area contributed by atoms with Crippen LogP contribution in [0.5, 0.6) is 0 Å². The van der Waals surface area contributed by atoms with Crippen molar-refractivity contribution in [2.75, 3.05) is 0 Å². The number of aromatic nitrogens is 12. The van der Waals surface area contributed by atoms with E-state index in [1.54, 1.807) is 37.2 Å². The van der Waals surface area contributed by atoms with Crippen LogP contribution >= 0.6 is 0 Å². The number of nitrogens with zero attached hydrogens (tertiary/aromatic N) is 12. The molecule has 12 heteroatoms. The minimum atomic E-state index is 0.744. The van der Waals surface area contributed by atoms with Gasteiger partial charge in [0.25, 0.3) is 0 Å². The van der Waals surface area contributed by atoms with E-state index in [2.05, 4.69) is 299 Å². The van der Waals surface area contributed by atoms with E-state index in [1.165, 1.54) is 0 Å². The summed E-state index contributed by atoms with van der Waals surface area (Å²) in [7, 11) is 0. The zero-order chi connectivity index (χ0) is 74.0. The first kappa shape index (κ1) is 64.9. The molecule has 0 aliphatic carbocycles. The number of hydrogen-bond acceptors (Lipinski definition) is 12. The summed E-state index contributed by atoms with van der Waals surface area (Å²) in [6, 6.07) is 115. The highest BCUT2D eigenvalue weighted by atomic mass is 14.8. The fraction of sp³-hybridized carbons (Fsp3) is 0. The van der Waals surface area contributed by atoms with Gasteiger partial charge in [-0.1, -0.05) is 243 Å². The molecule has 0 saturated heterocycles. The lowest BCUT2D eigenvalue weighted by Gasteiger charge is -2.13. The highest BCUT2D eigenvalue weighted by Crippen LogP contribution is 2.40. The Hall–Kier alpha value is -15.4. The second-order valence-electron chi connectivity index (χ2n) is 28.0. The van der Waals surface area contributed by atoms with Gasteiger partial charge in [0.1, 0.15) is 11.4 Å². The van der Waals surface area contributed by atoms with Gasteiger partial charge in [-0.25, -0.2) is 39.9 Å². The molecule has 0 atom stereocenters. The first-order valence-electron chi connectivity index (χ1n) is 37.2. The van der Waals surface area contributed by atoms with Crippen molar-refractivity contribution in [1.29, 1.82) is 0 Å². The summed E-state index contributed by atoms with van der Waals surface area (Å²) in [6.45, 7) is 0. The predicted molar refractivity (Wildman–Crippen MR) is 456 cm³/mol. The normalized spacial score (nSPS) is 11.6. The third-order valence-electron chi connectivity index (χ3n) is 21.2. The molecule has 0 amide bonds. The zero-order valence-corrected chi connectivity index (χ0v) is 60.0. The Labute approximate surface area is 642 Å². The van der Waals surface area contributed by atoms with E-state index in [4.69, 9.17) is 39.9 Å². The van der Waals surface area contributed by atoms with E-state index in [0.29, 0.717) is 0 Å². The van der Waals surface area contributed by atoms with E-state index in [-0.39, 0.29) is 0 Å². The summed E-state index contributed by atoms with van der Waals surface area (Å²) in [5.74, 6) is 0. The second-order valence-corrected chi connectivity index (χ2v) is 28.0. The van der Waals surface area contributed by atoms with Crippen molar-refractivity contribution < 1.29 is 0 Å². The Morgan fingerprint density at radius 3 is 0.911 bits per heavy atom. The van der Waals surface area contributed by atoms with Crippen molar-refractivity contribution in [1.82, 2.24) is 59.8 Å². The first-order chi connectivity index (χ1) is 55.4. The van der Waals surface area contributed by atoms with Gasteiger partial charge in [0.05, 0.1) is 102 Å². The topological polar surface area (TPSA) is 155 Å². The Morgan fingerprint density at radius 1 is 0.161 bits per heavy atom. The van der Waals surface area contributed by atoms with Gasteiger partial charge in [-0.15, -0.1) is 0 Å². The minimum Gasteiger partial charge on any atom is -0.261 e. The largest absolute Gasteiger partial charge is 0.261 e. The molecule has 0 radical (unpaired) electrons. The molecular weight excluding hydrogens is 1370 g/mol. The molecule has 0 bridgehead atoms. The van der Waals surface area contributed by atoms with Crippen LogP contribution in [0.15, 0.2) is 365 Å². The average Bonchev–Trinajstić information content (AvgIpc) is 0.742. The van der Waals surface area contributed by atoms with E-state index in [1.807, 2.05) is 48.5 Å². The zero-order valence-electron chi connectivity index (χ0n) is 60.0. The van der Waals surface area contributed by atoms with Crippen molar-refractivity contribution in [3.05, 3.63) is 365 Å². The summed E-state index contributed by atoms with van der Waals surface area (Å²) in [5, 5.41) is 13.2. The molecule has 22 aromatic rings. The second kappa shape index (κ2) is 27.4. The van der Waals surface area contributed by atoms with Crippen LogP contribution in [-0.2, 0) is 0 Å². The van der Waals surface area contributed by atoms with Crippen LogP contribution in [0.4, 0.5) is 0 Å². The molecule has 12 aromatic carbocycles. The van der Waals surface area contributed by atoms with Gasteiger partial charge in [-0.3, -0.25) is 19.9 Å². The summed E-state index contributed by atoms with van der Waals surface area (Å²) in [6.07, 6.45) is 10.2. The van der Waals surface area contributed by atoms with E-state index in [9.17, 15) is 0 Å². The highest BCUT2D eigenvalue weighted by molar-refractivity contribution is 6.09. The lowest BCUT2D eigenvalue weighted by Crippen LogP contribution is -1.92. The van der Waals surface area contributed by atoms with E-state index < -0.39 is 0 Å². The van der Waals surface area contributed by atoms with Crippen LogP contribution in [0.3, 0.4) is 0 Å². The molecule has 112 heavy (non-hydrogen) atoms. The molecule has 0 spiro atoms. The number of fused-ring (bicyclic) bond motifs is 12. The molecule has 10 aromatic heterocycles. The molecule has 0 N–H and O–H groups in total. The average molecular weight is 1430 g/mol. The number of rotatable bonds is 10. The van der Waals surface area contributed by atoms with Gasteiger partial charge >= 0.3 is 0 Å². The summed E-state index contributed by atoms with van der Waals surface area (Å²) in [5.41, 5.74) is 26.7. The third-order valence-corrected chi connectivity index (χ3v) is 21.2. The number of hydrogen-bond donors (Lipinski definition) is 0. The standard InChI is InChI=1S/2C50H30N6/c1-2-6-31(7-3-1)42-23-18-34-12-13-35-19-24-44(56-50(35)49(34)55-42)41-21-20-38(39-8-4-5-9-40(39)41)36-14-10-32-16-22-43(53-46(32)28-36)37-15-11-33-17-25-45(54-47(33)29-37)48-30-51-26-27-52-48;1-2-4-31(5-3-1)42-21-18-34-8-9-35-19-22-44(56-50(35)49(34)55-42)40-15-13-36-26-37(11-12-38(36)27-40)39-10-6-32-16-20-43(53-46(32)28-39)41-14-7-33-17-23-45(54-47(33)29-41)48-30-51-24-25-52-48/h2*1-30H. The van der Waals surface area contributed by atoms with Crippen LogP contribution in [0, 0.1) is 0 Å². The lowest BCUT2D eigenvalue weighted by atomic mass is 9.93. The molecule has 22 rings (SSSR count). The molecule has 0 aliphatic heterocycles. The van der Waals surface area contributed by atoms with Gasteiger partial charge in [0.2, 0.25) is 0 Å². The summed E-state index contributed by atoms with van der Waals surface area (Å²) >= 11 is 0. The molecule has 0 saturated carbocycles. The maximum absolute atomic E-state index is 5.30. The highest BCUT2D eigenvalue weighted by Gasteiger charge is 2.18. The van der Waals surface area contributed by atoms with Crippen molar-refractivity contribution in [3.63, 3.8) is 0 Å². The molecule has 12 nitrogen and oxygen atoms in total. The monoisotopic (exact) mass is 1430 g/mol. The number of pyridine rings is 8. The van der Waals surface area contributed by atoms with Crippen molar-refractivity contribution >= 4 is 109 Å². The van der Waals surface area contributed by atoms with Crippen LogP contribution in [-0.4, -0.2) is 59.8 Å². The van der Waals surface area contributed by atoms with Gasteiger partial charge in [0, 0.05) is 101 Å². The Bertz CT molecular complexity index is 7510. The summed E-state index contributed by atoms with van der Waals surface area (Å²) in [4.78, 5) is 58.1. The van der Waals surface area contributed by atoms with Crippen molar-refractivity contribution in [2.45, 2.75) is 0 Å². The molecular formula is C100H60N12. The van der Waals surface area contributed by atoms with Gasteiger partial charge in [-0.05, 0) is 129 Å². The molecule has 10 heterocycles. The Kier molecular flexibility index (Phi) is 15.9. The first-order valence-corrected chi connectivity index (χ1v) is 37.2. The Morgan fingerprint density at radius 2 is 0.455 bits per heavy atom. The third kappa shape index (κ3) is 12.2. The lowest BCUT2D eigenvalue weighted by molar-refractivity contribution is 1.19. The Balaban J connectivity index is 0.000000141. The van der Waals surface area contributed by atoms with Crippen LogP contribution in [0.1, 0.15) is 0 Å². The smallest absolute Gasteiger partial charge is 0.107 e. The van der Waals surface area contributed by atoms with Crippen LogP contribution in [0.2, 0.25) is 0 Å². The molecule has 0 fully saturated rings. The molecule has 520 valence electrons. The molecule has 0 aliphatic rings. The van der Waals surface area contributed by atoms with E-state index >= 15 is 0 Å². The number of benzene rings is 12. The SMILES string of the molecule is c1ccc(-c2ccc3ccc4ccc(-c5ccc(-c6ccc7ccc(-c8ccc9ccc(-c%10cnccn%10)nc9c8)nc7c6)c6ccccc56)nc4c3n2)cc1.c1ccc(-c2ccc3ccc4ccc(-c5ccc6cc(-c7ccc8ccc(-c9ccc%10ccc(-c%11cnccn%11)nc%10c9)nc8c7)ccc6c5)nc4c3n2)cc1. The fourth-order valence-electron chi connectivity index (χ4n) is 15.3. The summed E-state index contributed by atoms with van der Waals surface area (Å²) < 4.78 is 0. The minimum absolute atomic E-state index is 0.744. The van der Waals surface area contributed by atoms with Crippen molar-refractivity contribution in [2.24, 2.45) is 0 Å². The van der Waals surface area contributed by atoms with Gasteiger partial charge in [-0.2, -0.15) is 0 Å². The van der Waals surface area contributed by atoms with E-state index in [0.717, 1.165) is 221 Å². The fourth-order valence-corrected chi connectivity index (χ4v) is 15.3. The van der Waals surface area contributed by atoms with Crippen LogP contribution in [0.25, 0.3) is 221 Å². The van der Waals surface area contributed by atoms with Crippen LogP contribution < -0.4 is 0 Å². The van der Waals surface area contributed by atoms with Gasteiger partial charge < -0.3 is 0 Å². The molecule has 0 unspecified atom stereocenters. The quantitative estimate of drug-likeness (QED) is 0.120. The predicted octanol–water partition coefficient (Wildman–Crippen LogP) is 24.3. The van der Waals surface area contributed by atoms with Crippen molar-refractivity contribution in [3.8, 4) is 113 Å². The maximum Gasteiger partial charge on any atom is 0.107 e. The van der Waals surface area contributed by atoms with Gasteiger partial charge in [0.15, 0.2) is 0 Å².